The number of nitrogens with two attached hydrogens (primary N) is 1. The Labute approximate surface area is 109 Å². The summed E-state index contributed by atoms with van der Waals surface area (Å²) in [6.07, 6.45) is 0. The second kappa shape index (κ2) is 3.82. The molecule has 2 rings (SSSR count). The van der Waals surface area contributed by atoms with Crippen molar-refractivity contribution in [3.63, 3.8) is 0 Å². The molecule has 0 spiro atoms. The van der Waals surface area contributed by atoms with E-state index in [1.165, 1.54) is 13.8 Å². The second-order valence-electron chi connectivity index (χ2n) is 4.79. The van der Waals surface area contributed by atoms with Crippen molar-refractivity contribution in [3.05, 3.63) is 0 Å². The van der Waals surface area contributed by atoms with E-state index in [0.717, 1.165) is 4.90 Å². The molecule has 0 aromatic heterocycles. The molecule has 0 unspecified atom stereocenters. The maximum atomic E-state index is 12.2. The fourth-order valence-electron chi connectivity index (χ4n) is 2.46. The van der Waals surface area contributed by atoms with Gasteiger partial charge in [0.05, 0.1) is 0 Å². The van der Waals surface area contributed by atoms with Gasteiger partial charge < -0.3 is 15.4 Å². The first-order chi connectivity index (χ1) is 8.17. The minimum Gasteiger partial charge on any atom is -0.448 e. The number of hydrogen-bond donors (Lipinski definition) is 1. The molecular formula is C9H13ClN2O5S. The van der Waals surface area contributed by atoms with E-state index < -0.39 is 50.0 Å². The molecule has 0 aromatic rings. The molecule has 2 saturated heterocycles. The van der Waals surface area contributed by atoms with Crippen molar-refractivity contribution in [2.75, 3.05) is 6.07 Å². The van der Waals surface area contributed by atoms with Gasteiger partial charge in [0.15, 0.2) is 21.3 Å². The van der Waals surface area contributed by atoms with E-state index in [0.29, 0.717) is 0 Å². The van der Waals surface area contributed by atoms with Crippen LogP contribution >= 0.6 is 11.6 Å². The highest BCUT2D eigenvalue weighted by Crippen LogP contribution is 2.45. The Bertz CT molecular complexity index is 517. The fraction of sp³-hybridized carbons (Fsp3) is 0.778. The Balaban J connectivity index is 2.48. The molecule has 0 saturated carbocycles. The number of ether oxygens (including phenoxy) is 1. The van der Waals surface area contributed by atoms with E-state index in [9.17, 15) is 18.0 Å². The molecule has 2 N–H and O–H groups in total. The zero-order valence-corrected chi connectivity index (χ0v) is 11.4. The largest absolute Gasteiger partial charge is 0.448 e. The number of β-lactam (4-membered cyclic amide) rings is 1. The van der Waals surface area contributed by atoms with Crippen LogP contribution in [0.1, 0.15) is 13.8 Å². The fourth-order valence-corrected chi connectivity index (χ4v) is 4.74. The number of hydrogen-bond acceptors (Lipinski definition) is 6. The van der Waals surface area contributed by atoms with E-state index >= 15 is 0 Å². The van der Waals surface area contributed by atoms with Gasteiger partial charge in [0.2, 0.25) is 5.91 Å². The molecule has 2 fully saturated rings. The molecule has 102 valence electrons. The molecular weight excluding hydrogens is 284 g/mol. The van der Waals surface area contributed by atoms with E-state index in [-0.39, 0.29) is 0 Å². The monoisotopic (exact) mass is 296 g/mol. The Morgan fingerprint density at radius 1 is 1.56 bits per heavy atom. The van der Waals surface area contributed by atoms with Crippen LogP contribution < -0.4 is 5.73 Å². The number of fused-ring (bicyclic) bond motifs is 1. The summed E-state index contributed by atoms with van der Waals surface area (Å²) in [7, 11) is -3.72. The summed E-state index contributed by atoms with van der Waals surface area (Å²) >= 11 is 5.29. The number of nitrogens with zero attached hydrogens (tertiary/aromatic N) is 1. The van der Waals surface area contributed by atoms with Crippen molar-refractivity contribution in [3.8, 4) is 0 Å². The van der Waals surface area contributed by atoms with Crippen LogP contribution in [0.4, 0.5) is 0 Å². The first-order valence-electron chi connectivity index (χ1n) is 5.21. The zero-order chi connectivity index (χ0) is 13.9. The van der Waals surface area contributed by atoms with Gasteiger partial charge in [0, 0.05) is 0 Å². The predicted octanol–water partition coefficient (Wildman–Crippen LogP) is -1.20. The summed E-state index contributed by atoms with van der Waals surface area (Å²) in [6, 6.07) is -2.70. The van der Waals surface area contributed by atoms with Crippen LogP contribution in [-0.4, -0.2) is 53.5 Å². The summed E-state index contributed by atoms with van der Waals surface area (Å²) in [5.74, 6) is -1.40. The number of carbonyl (C=O) groups is 2. The Morgan fingerprint density at radius 3 is 2.61 bits per heavy atom. The Morgan fingerprint density at radius 2 is 2.11 bits per heavy atom. The maximum Gasteiger partial charge on any atom is 0.331 e. The number of alkyl halides is 1. The summed E-state index contributed by atoms with van der Waals surface area (Å²) in [6.45, 7) is 2.75. The number of sulfone groups is 1. The number of carbonyl (C=O) groups excluding carboxylic acids is 2. The lowest BCUT2D eigenvalue weighted by molar-refractivity contribution is -0.161. The van der Waals surface area contributed by atoms with E-state index in [1.807, 2.05) is 0 Å². The molecule has 18 heavy (non-hydrogen) atoms. The Kier molecular flexibility index (Phi) is 2.88. The highest BCUT2D eigenvalue weighted by Gasteiger charge is 2.71. The molecule has 0 radical (unpaired) electrons. The number of rotatable bonds is 2. The highest BCUT2D eigenvalue weighted by atomic mass is 35.5. The summed E-state index contributed by atoms with van der Waals surface area (Å²) in [5, 5.41) is -1.15. The van der Waals surface area contributed by atoms with Gasteiger partial charge in [-0.25, -0.2) is 13.2 Å². The van der Waals surface area contributed by atoms with E-state index in [2.05, 4.69) is 4.74 Å². The van der Waals surface area contributed by atoms with Crippen LogP contribution in [0.15, 0.2) is 0 Å². The van der Waals surface area contributed by atoms with Crippen LogP contribution in [0.2, 0.25) is 0 Å². The van der Waals surface area contributed by atoms with Gasteiger partial charge in [-0.2, -0.15) is 0 Å². The average molecular weight is 297 g/mol. The highest BCUT2D eigenvalue weighted by molar-refractivity contribution is 7.94. The van der Waals surface area contributed by atoms with Crippen molar-refractivity contribution in [2.24, 2.45) is 5.73 Å². The van der Waals surface area contributed by atoms with E-state index in [4.69, 9.17) is 17.3 Å². The summed E-state index contributed by atoms with van der Waals surface area (Å²) in [4.78, 5) is 24.4. The SMILES string of the molecule is CC1(C)[C@H](C(=O)OCCl)N2C(=O)[C@@H](N)[C@H]2S1(=O)=O. The molecule has 7 nitrogen and oxygen atoms in total. The lowest BCUT2D eigenvalue weighted by atomic mass is 9.96. The zero-order valence-electron chi connectivity index (χ0n) is 9.79. The number of esters is 1. The molecule has 1 amide bonds. The molecule has 2 aliphatic rings. The molecule has 9 heteroatoms. The van der Waals surface area contributed by atoms with Gasteiger partial charge >= 0.3 is 5.97 Å². The summed E-state index contributed by atoms with van der Waals surface area (Å²) in [5.41, 5.74) is 5.49. The van der Waals surface area contributed by atoms with Crippen LogP contribution in [0.5, 0.6) is 0 Å². The topological polar surface area (TPSA) is 107 Å². The third-order valence-corrected chi connectivity index (χ3v) is 6.48. The van der Waals surface area contributed by atoms with Gasteiger partial charge in [-0.3, -0.25) is 4.79 Å². The van der Waals surface area contributed by atoms with Crippen molar-refractivity contribution >= 4 is 33.3 Å². The van der Waals surface area contributed by atoms with E-state index in [1.54, 1.807) is 0 Å². The molecule has 2 aliphatic heterocycles. The quantitative estimate of drug-likeness (QED) is 0.389. The lowest BCUT2D eigenvalue weighted by Gasteiger charge is -2.40. The average Bonchev–Trinajstić information content (AvgIpc) is 2.41. The molecule has 3 atom stereocenters. The second-order valence-corrected chi connectivity index (χ2v) is 7.63. The third-order valence-electron chi connectivity index (χ3n) is 3.53. The van der Waals surface area contributed by atoms with Gasteiger partial charge in [-0.1, -0.05) is 11.6 Å². The smallest absolute Gasteiger partial charge is 0.331 e. The number of halogens is 1. The predicted molar refractivity (Wildman–Crippen MR) is 62.2 cm³/mol. The Hall–Kier alpha value is -0.860. The number of amides is 1. The van der Waals surface area contributed by atoms with Gasteiger partial charge in [-0.15, -0.1) is 0 Å². The van der Waals surface area contributed by atoms with Crippen molar-refractivity contribution in [1.82, 2.24) is 4.90 Å². The first-order valence-corrected chi connectivity index (χ1v) is 7.30. The van der Waals surface area contributed by atoms with Gasteiger partial charge in [0.25, 0.3) is 0 Å². The molecule has 0 aliphatic carbocycles. The van der Waals surface area contributed by atoms with Crippen LogP contribution in [0.25, 0.3) is 0 Å². The third kappa shape index (κ3) is 1.36. The maximum absolute atomic E-state index is 12.2. The minimum atomic E-state index is -3.72. The minimum absolute atomic E-state index is 0.399. The summed E-state index contributed by atoms with van der Waals surface area (Å²) < 4.78 is 27.7. The molecule has 0 aromatic carbocycles. The van der Waals surface area contributed by atoms with Crippen LogP contribution in [-0.2, 0) is 24.2 Å². The van der Waals surface area contributed by atoms with Gasteiger partial charge in [0.1, 0.15) is 16.8 Å². The lowest BCUT2D eigenvalue weighted by Crippen LogP contribution is -2.70. The van der Waals surface area contributed by atoms with Crippen LogP contribution in [0.3, 0.4) is 0 Å². The first kappa shape index (κ1) is 13.6. The van der Waals surface area contributed by atoms with Crippen molar-refractivity contribution in [1.29, 1.82) is 0 Å². The van der Waals surface area contributed by atoms with Crippen molar-refractivity contribution < 1.29 is 22.7 Å². The standard InChI is InChI=1S/C9H13ClN2O5S/c1-9(2)5(8(14)17-3-10)12-6(13)4(11)7(12)18(9,15)16/h4-5,7H,3,11H2,1-2H3/t4-,5+,7-/m1/s1. The molecule has 2 heterocycles. The van der Waals surface area contributed by atoms with Crippen LogP contribution in [0, 0.1) is 0 Å². The molecule has 0 bridgehead atoms. The van der Waals surface area contributed by atoms with Gasteiger partial charge in [-0.05, 0) is 13.8 Å². The van der Waals surface area contributed by atoms with Crippen molar-refractivity contribution in [2.45, 2.75) is 36.1 Å². The normalized spacial score (nSPS) is 35.9.